The van der Waals surface area contributed by atoms with Crippen LogP contribution in [0.2, 0.25) is 0 Å². The molecule has 0 radical (unpaired) electrons. The van der Waals surface area contributed by atoms with Gasteiger partial charge in [0, 0.05) is 55.4 Å². The highest BCUT2D eigenvalue weighted by molar-refractivity contribution is 5.82. The summed E-state index contributed by atoms with van der Waals surface area (Å²) in [7, 11) is 0. The molecule has 224 valence electrons. The van der Waals surface area contributed by atoms with Crippen molar-refractivity contribution in [1.82, 2.24) is 19.8 Å². The average Bonchev–Trinajstić information content (AvgIpc) is 3.32. The van der Waals surface area contributed by atoms with E-state index in [0.717, 1.165) is 22.3 Å². The number of carbonyl (C=O) groups is 2. The minimum absolute atomic E-state index is 0.0104. The number of aliphatic hydroxyl groups is 1. The van der Waals surface area contributed by atoms with Crippen LogP contribution in [0.4, 0.5) is 4.39 Å². The second-order valence-corrected chi connectivity index (χ2v) is 11.7. The third-order valence-electron chi connectivity index (χ3n) is 7.68. The molecule has 3 atom stereocenters. The first-order valence-corrected chi connectivity index (χ1v) is 14.2. The van der Waals surface area contributed by atoms with Crippen LogP contribution < -0.4 is 10.9 Å². The third kappa shape index (κ3) is 7.30. The summed E-state index contributed by atoms with van der Waals surface area (Å²) in [4.78, 5) is 45.0. The molecule has 0 spiro atoms. The molecule has 0 saturated carbocycles. The van der Waals surface area contributed by atoms with Crippen LogP contribution in [0.1, 0.15) is 61.4 Å². The van der Waals surface area contributed by atoms with Gasteiger partial charge in [-0.05, 0) is 60.9 Å². The number of aryl methyl sites for hydroxylation is 2. The molecular weight excluding hydrogens is 539 g/mol. The molecule has 1 aliphatic rings. The molecule has 3 N–H and O–H groups in total. The number of aromatic nitrogens is 2. The quantitative estimate of drug-likeness (QED) is 0.293. The van der Waals surface area contributed by atoms with Crippen molar-refractivity contribution in [2.45, 2.75) is 71.4 Å². The van der Waals surface area contributed by atoms with Crippen molar-refractivity contribution >= 4 is 11.9 Å². The van der Waals surface area contributed by atoms with Gasteiger partial charge in [-0.15, -0.1) is 0 Å². The number of carbonyl (C=O) groups excluding carboxylic acids is 1. The predicted octanol–water partition coefficient (Wildman–Crippen LogP) is 4.09. The van der Waals surface area contributed by atoms with Gasteiger partial charge < -0.3 is 20.1 Å². The Morgan fingerprint density at radius 2 is 1.88 bits per heavy atom. The lowest BCUT2D eigenvalue weighted by atomic mass is 9.93. The number of benzene rings is 1. The number of pyridine rings is 2. The van der Waals surface area contributed by atoms with Gasteiger partial charge in [-0.25, -0.2) is 4.39 Å². The summed E-state index contributed by atoms with van der Waals surface area (Å²) in [5.41, 5.74) is 1.66. The summed E-state index contributed by atoms with van der Waals surface area (Å²) < 4.78 is 15.0. The van der Waals surface area contributed by atoms with E-state index in [9.17, 15) is 29.0 Å². The van der Waals surface area contributed by atoms with Crippen LogP contribution in [0.3, 0.4) is 0 Å². The number of likely N-dealkylation sites (tertiary alicyclic amines) is 1. The standard InChI is InChI=1S/C32H39FN4O5/c1-20(2)12-27(37-18-23(8-9-28(37)38)17-36-11-10-26(33)19-36)31(41)35-32(42,14-29(39)40)25-13-24(15-34-16-25)30-21(3)6-5-7-22(30)4/h5-9,13,15-16,18,20,26-27,42H,10-12,14,17,19H2,1-4H3,(H,35,41)(H,39,40)/t26-,27?,32+/m1/s1. The Hall–Kier alpha value is -3.89. The SMILES string of the molecule is Cc1cccc(C)c1-c1cncc([C@@](O)(CC(=O)O)NC(=O)C(CC(C)C)n2cc(CN3CC[C@@H](F)C3)ccc2=O)c1. The minimum atomic E-state index is -2.30. The summed E-state index contributed by atoms with van der Waals surface area (Å²) in [5, 5.41) is 24.0. The van der Waals surface area contributed by atoms with Crippen molar-refractivity contribution in [2.24, 2.45) is 5.92 Å². The summed E-state index contributed by atoms with van der Waals surface area (Å²) >= 11 is 0. The fourth-order valence-corrected chi connectivity index (χ4v) is 5.66. The van der Waals surface area contributed by atoms with E-state index in [2.05, 4.69) is 10.3 Å². The molecule has 2 aromatic heterocycles. The van der Waals surface area contributed by atoms with Gasteiger partial charge in [-0.2, -0.15) is 0 Å². The fraction of sp³-hybridized carbons (Fsp3) is 0.438. The molecule has 1 saturated heterocycles. The van der Waals surface area contributed by atoms with Gasteiger partial charge in [0.25, 0.3) is 5.56 Å². The van der Waals surface area contributed by atoms with Crippen LogP contribution in [-0.4, -0.2) is 55.8 Å². The first-order valence-electron chi connectivity index (χ1n) is 14.2. The number of nitrogens with zero attached hydrogens (tertiary/aromatic N) is 3. The van der Waals surface area contributed by atoms with E-state index >= 15 is 0 Å². The fourth-order valence-electron chi connectivity index (χ4n) is 5.66. The van der Waals surface area contributed by atoms with Gasteiger partial charge in [-0.1, -0.05) is 38.1 Å². The highest BCUT2D eigenvalue weighted by atomic mass is 19.1. The van der Waals surface area contributed by atoms with E-state index in [0.29, 0.717) is 31.6 Å². The summed E-state index contributed by atoms with van der Waals surface area (Å²) in [6, 6.07) is 9.47. The topological polar surface area (TPSA) is 125 Å². The number of hydrogen-bond acceptors (Lipinski definition) is 6. The Bertz CT molecular complexity index is 1490. The molecule has 10 heteroatoms. The Morgan fingerprint density at radius 3 is 2.50 bits per heavy atom. The van der Waals surface area contributed by atoms with Gasteiger partial charge in [0.15, 0.2) is 5.72 Å². The zero-order chi connectivity index (χ0) is 30.6. The highest BCUT2D eigenvalue weighted by Gasteiger charge is 2.38. The molecule has 42 heavy (non-hydrogen) atoms. The number of rotatable bonds is 11. The number of nitrogens with one attached hydrogen (secondary N) is 1. The Labute approximate surface area is 245 Å². The molecular formula is C32H39FN4O5. The average molecular weight is 579 g/mol. The lowest BCUT2D eigenvalue weighted by molar-refractivity contribution is -0.148. The maximum atomic E-state index is 13.9. The minimum Gasteiger partial charge on any atom is -0.481 e. The normalized spacial score (nSPS) is 17.6. The Balaban J connectivity index is 1.69. The van der Waals surface area contributed by atoms with Gasteiger partial charge in [0.05, 0.1) is 6.42 Å². The van der Waals surface area contributed by atoms with E-state index in [1.807, 2.05) is 50.8 Å². The van der Waals surface area contributed by atoms with Crippen molar-refractivity contribution in [3.05, 3.63) is 87.6 Å². The number of aliphatic carboxylic acids is 1. The van der Waals surface area contributed by atoms with Crippen LogP contribution in [-0.2, 0) is 21.9 Å². The molecule has 0 bridgehead atoms. The smallest absolute Gasteiger partial charge is 0.308 e. The summed E-state index contributed by atoms with van der Waals surface area (Å²) in [6.07, 6.45) is 3.57. The van der Waals surface area contributed by atoms with Crippen molar-refractivity contribution in [3.8, 4) is 11.1 Å². The van der Waals surface area contributed by atoms with E-state index in [-0.39, 0.29) is 17.9 Å². The van der Waals surface area contributed by atoms with Crippen LogP contribution in [0.25, 0.3) is 11.1 Å². The van der Waals surface area contributed by atoms with Crippen molar-refractivity contribution in [2.75, 3.05) is 13.1 Å². The second kappa shape index (κ2) is 13.0. The van der Waals surface area contributed by atoms with Gasteiger partial charge >= 0.3 is 5.97 Å². The third-order valence-corrected chi connectivity index (χ3v) is 7.68. The molecule has 0 aliphatic carbocycles. The molecule has 1 aromatic carbocycles. The lowest BCUT2D eigenvalue weighted by Crippen LogP contribution is -2.50. The Morgan fingerprint density at radius 1 is 1.17 bits per heavy atom. The number of carboxylic acid groups (broad SMARTS) is 1. The maximum Gasteiger partial charge on any atom is 0.308 e. The van der Waals surface area contributed by atoms with E-state index in [4.69, 9.17) is 0 Å². The Kier molecular flexibility index (Phi) is 9.58. The van der Waals surface area contributed by atoms with Gasteiger partial charge in [-0.3, -0.25) is 24.3 Å². The zero-order valence-corrected chi connectivity index (χ0v) is 24.5. The molecule has 3 heterocycles. The second-order valence-electron chi connectivity index (χ2n) is 11.7. The van der Waals surface area contributed by atoms with E-state index in [1.165, 1.54) is 16.8 Å². The molecule has 1 aliphatic heterocycles. The summed E-state index contributed by atoms with van der Waals surface area (Å²) in [6.45, 7) is 9.05. The number of amides is 1. The van der Waals surface area contributed by atoms with Gasteiger partial charge in [0.2, 0.25) is 5.91 Å². The van der Waals surface area contributed by atoms with Crippen molar-refractivity contribution < 1.29 is 24.2 Å². The first kappa shape index (κ1) is 31.1. The van der Waals surface area contributed by atoms with Crippen LogP contribution in [0, 0.1) is 19.8 Å². The maximum absolute atomic E-state index is 13.9. The van der Waals surface area contributed by atoms with Crippen LogP contribution >= 0.6 is 0 Å². The predicted molar refractivity (Wildman–Crippen MR) is 157 cm³/mol. The molecule has 4 rings (SSSR count). The number of halogens is 1. The zero-order valence-electron chi connectivity index (χ0n) is 24.5. The molecule has 1 amide bonds. The first-order chi connectivity index (χ1) is 19.9. The number of hydrogen-bond donors (Lipinski definition) is 3. The number of alkyl halides is 1. The van der Waals surface area contributed by atoms with Crippen molar-refractivity contribution in [1.29, 1.82) is 0 Å². The molecule has 1 fully saturated rings. The molecule has 3 aromatic rings. The van der Waals surface area contributed by atoms with E-state index in [1.54, 1.807) is 24.5 Å². The number of carboxylic acids is 1. The van der Waals surface area contributed by atoms with Crippen LogP contribution in [0.5, 0.6) is 0 Å². The highest BCUT2D eigenvalue weighted by Crippen LogP contribution is 2.31. The van der Waals surface area contributed by atoms with Gasteiger partial charge in [0.1, 0.15) is 12.2 Å². The molecule has 1 unspecified atom stereocenters. The monoisotopic (exact) mass is 578 g/mol. The van der Waals surface area contributed by atoms with Crippen molar-refractivity contribution in [3.63, 3.8) is 0 Å². The summed E-state index contributed by atoms with van der Waals surface area (Å²) in [5.74, 6) is -2.04. The lowest BCUT2D eigenvalue weighted by Gasteiger charge is -2.31. The van der Waals surface area contributed by atoms with Crippen LogP contribution in [0.15, 0.2) is 59.8 Å². The van der Waals surface area contributed by atoms with E-state index < -0.39 is 41.8 Å². The molecule has 9 nitrogen and oxygen atoms in total. The largest absolute Gasteiger partial charge is 0.481 e.